The van der Waals surface area contributed by atoms with Gasteiger partial charge in [-0.2, -0.15) is 0 Å². The van der Waals surface area contributed by atoms with E-state index in [2.05, 4.69) is 44.7 Å². The van der Waals surface area contributed by atoms with Gasteiger partial charge in [0.05, 0.1) is 25.4 Å². The number of benzene rings is 1. The van der Waals surface area contributed by atoms with Crippen molar-refractivity contribution in [2.75, 3.05) is 26.8 Å². The van der Waals surface area contributed by atoms with Crippen molar-refractivity contribution in [1.82, 2.24) is 4.90 Å². The van der Waals surface area contributed by atoms with Crippen LogP contribution in [-0.2, 0) is 11.2 Å². The summed E-state index contributed by atoms with van der Waals surface area (Å²) in [4.78, 5) is 2.61. The molecule has 0 radical (unpaired) electrons. The SMILES string of the molecule is COc1cc2c(cc1OCC1(C)CCC1)CCN1CC(OC(C)(C)C)CCC21. The Morgan fingerprint density at radius 3 is 2.57 bits per heavy atom. The number of fused-ring (bicyclic) bond motifs is 3. The first-order valence-electron chi connectivity index (χ1n) is 11.0. The lowest BCUT2D eigenvalue weighted by molar-refractivity contribution is -0.0971. The Hall–Kier alpha value is -1.26. The predicted molar refractivity (Wildman–Crippen MR) is 112 cm³/mol. The first-order chi connectivity index (χ1) is 13.3. The molecule has 2 heterocycles. The van der Waals surface area contributed by atoms with Crippen LogP contribution >= 0.6 is 0 Å². The molecule has 0 bridgehead atoms. The van der Waals surface area contributed by atoms with Crippen molar-refractivity contribution in [2.24, 2.45) is 5.41 Å². The van der Waals surface area contributed by atoms with Gasteiger partial charge in [-0.15, -0.1) is 0 Å². The maximum absolute atomic E-state index is 6.27. The highest BCUT2D eigenvalue weighted by Crippen LogP contribution is 2.44. The fourth-order valence-electron chi connectivity index (χ4n) is 5.06. The maximum atomic E-state index is 6.27. The van der Waals surface area contributed by atoms with E-state index in [1.54, 1.807) is 7.11 Å². The summed E-state index contributed by atoms with van der Waals surface area (Å²) >= 11 is 0. The molecule has 1 aliphatic carbocycles. The van der Waals surface area contributed by atoms with E-state index in [-0.39, 0.29) is 5.60 Å². The minimum Gasteiger partial charge on any atom is -0.493 e. The highest BCUT2D eigenvalue weighted by atomic mass is 16.5. The molecular formula is C24H37NO3. The van der Waals surface area contributed by atoms with Crippen molar-refractivity contribution < 1.29 is 14.2 Å². The first kappa shape index (κ1) is 20.0. The number of piperidine rings is 1. The molecule has 3 aliphatic rings. The van der Waals surface area contributed by atoms with E-state index in [1.165, 1.54) is 30.4 Å². The highest BCUT2D eigenvalue weighted by molar-refractivity contribution is 5.49. The molecule has 1 saturated heterocycles. The van der Waals surface area contributed by atoms with Crippen LogP contribution in [0.5, 0.6) is 11.5 Å². The van der Waals surface area contributed by atoms with E-state index in [4.69, 9.17) is 14.2 Å². The molecule has 0 N–H and O–H groups in total. The number of hydrogen-bond donors (Lipinski definition) is 0. The molecule has 1 aromatic carbocycles. The van der Waals surface area contributed by atoms with Crippen LogP contribution in [0.2, 0.25) is 0 Å². The van der Waals surface area contributed by atoms with Crippen molar-refractivity contribution in [1.29, 1.82) is 0 Å². The van der Waals surface area contributed by atoms with Gasteiger partial charge >= 0.3 is 0 Å². The Morgan fingerprint density at radius 1 is 1.14 bits per heavy atom. The van der Waals surface area contributed by atoms with Crippen molar-refractivity contribution in [3.05, 3.63) is 23.3 Å². The van der Waals surface area contributed by atoms with Crippen LogP contribution < -0.4 is 9.47 Å². The third-order valence-electron chi connectivity index (χ3n) is 6.75. The smallest absolute Gasteiger partial charge is 0.161 e. The fourth-order valence-corrected chi connectivity index (χ4v) is 5.06. The summed E-state index contributed by atoms with van der Waals surface area (Å²) in [6.45, 7) is 11.7. The van der Waals surface area contributed by atoms with Gasteiger partial charge in [-0.1, -0.05) is 13.3 Å². The molecule has 156 valence electrons. The molecule has 0 aromatic heterocycles. The zero-order chi connectivity index (χ0) is 19.9. The number of methoxy groups -OCH3 is 1. The second kappa shape index (κ2) is 7.53. The lowest BCUT2D eigenvalue weighted by Gasteiger charge is -2.45. The van der Waals surface area contributed by atoms with E-state index < -0.39 is 0 Å². The Morgan fingerprint density at radius 2 is 1.93 bits per heavy atom. The molecule has 0 spiro atoms. The van der Waals surface area contributed by atoms with Crippen LogP contribution in [0.3, 0.4) is 0 Å². The van der Waals surface area contributed by atoms with Crippen LogP contribution in [0.1, 0.15) is 77.0 Å². The van der Waals surface area contributed by atoms with Crippen LogP contribution in [0, 0.1) is 5.41 Å². The topological polar surface area (TPSA) is 30.9 Å². The zero-order valence-corrected chi connectivity index (χ0v) is 18.3. The monoisotopic (exact) mass is 387 g/mol. The summed E-state index contributed by atoms with van der Waals surface area (Å²) in [5.74, 6) is 1.81. The Balaban J connectivity index is 1.49. The summed E-state index contributed by atoms with van der Waals surface area (Å²) in [6.07, 6.45) is 7.56. The molecule has 2 unspecified atom stereocenters. The molecule has 28 heavy (non-hydrogen) atoms. The van der Waals surface area contributed by atoms with Crippen LogP contribution in [-0.4, -0.2) is 43.4 Å². The summed E-state index contributed by atoms with van der Waals surface area (Å²) in [5, 5.41) is 0. The normalized spacial score (nSPS) is 26.8. The van der Waals surface area contributed by atoms with Gasteiger partial charge in [-0.3, -0.25) is 4.90 Å². The van der Waals surface area contributed by atoms with Crippen molar-refractivity contribution in [2.45, 2.75) is 84.0 Å². The van der Waals surface area contributed by atoms with Gasteiger partial charge < -0.3 is 14.2 Å². The predicted octanol–water partition coefficient (Wildman–Crippen LogP) is 5.14. The average molecular weight is 388 g/mol. The van der Waals surface area contributed by atoms with Gasteiger partial charge in [-0.25, -0.2) is 0 Å². The lowest BCUT2D eigenvalue weighted by atomic mass is 9.71. The minimum atomic E-state index is -0.0717. The largest absolute Gasteiger partial charge is 0.493 e. The van der Waals surface area contributed by atoms with E-state index in [0.29, 0.717) is 17.6 Å². The molecule has 0 amide bonds. The number of rotatable bonds is 5. The highest BCUT2D eigenvalue weighted by Gasteiger charge is 2.36. The van der Waals surface area contributed by atoms with Gasteiger partial charge in [0.25, 0.3) is 0 Å². The first-order valence-corrected chi connectivity index (χ1v) is 11.0. The van der Waals surface area contributed by atoms with Gasteiger partial charge in [0.2, 0.25) is 0 Å². The van der Waals surface area contributed by atoms with E-state index in [9.17, 15) is 0 Å². The third-order valence-corrected chi connectivity index (χ3v) is 6.75. The molecule has 2 atom stereocenters. The molecule has 2 aliphatic heterocycles. The van der Waals surface area contributed by atoms with Crippen LogP contribution in [0.4, 0.5) is 0 Å². The van der Waals surface area contributed by atoms with Crippen molar-refractivity contribution >= 4 is 0 Å². The van der Waals surface area contributed by atoms with Crippen LogP contribution in [0.25, 0.3) is 0 Å². The molecule has 4 rings (SSSR count). The second-order valence-corrected chi connectivity index (χ2v) is 10.3. The molecular weight excluding hydrogens is 350 g/mol. The molecule has 1 aromatic rings. The molecule has 4 nitrogen and oxygen atoms in total. The molecule has 1 saturated carbocycles. The van der Waals surface area contributed by atoms with Gasteiger partial charge in [0.15, 0.2) is 11.5 Å². The minimum absolute atomic E-state index is 0.0717. The standard InChI is InChI=1S/C24H37NO3/c1-23(2,3)28-18-7-8-20-19-14-21(26-5)22(27-16-24(4)10-6-11-24)13-17(19)9-12-25(20)15-18/h13-14,18,20H,6-12,15-16H2,1-5H3. The Kier molecular flexibility index (Phi) is 5.39. The number of ether oxygens (including phenoxy) is 3. The van der Waals surface area contributed by atoms with Gasteiger partial charge in [0, 0.05) is 24.5 Å². The second-order valence-electron chi connectivity index (χ2n) is 10.3. The number of hydrogen-bond acceptors (Lipinski definition) is 4. The molecule has 4 heteroatoms. The van der Waals surface area contributed by atoms with E-state index >= 15 is 0 Å². The zero-order valence-electron chi connectivity index (χ0n) is 18.3. The summed E-state index contributed by atoms with van der Waals surface area (Å²) in [6, 6.07) is 4.98. The van der Waals surface area contributed by atoms with Crippen molar-refractivity contribution in [3.63, 3.8) is 0 Å². The Labute approximate surface area is 170 Å². The molecule has 2 fully saturated rings. The maximum Gasteiger partial charge on any atom is 0.161 e. The summed E-state index contributed by atoms with van der Waals surface area (Å²) in [5.41, 5.74) is 3.14. The fraction of sp³-hybridized carbons (Fsp3) is 0.750. The van der Waals surface area contributed by atoms with Crippen LogP contribution in [0.15, 0.2) is 12.1 Å². The van der Waals surface area contributed by atoms with E-state index in [1.807, 2.05) is 0 Å². The third kappa shape index (κ3) is 4.18. The lowest BCUT2D eigenvalue weighted by Crippen LogP contribution is -2.47. The average Bonchev–Trinajstić information content (AvgIpc) is 2.62. The summed E-state index contributed by atoms with van der Waals surface area (Å²) in [7, 11) is 1.76. The number of nitrogens with zero attached hydrogens (tertiary/aromatic N) is 1. The summed E-state index contributed by atoms with van der Waals surface area (Å²) < 4.78 is 18.3. The van der Waals surface area contributed by atoms with Gasteiger partial charge in [-0.05, 0) is 76.1 Å². The quantitative estimate of drug-likeness (QED) is 0.700. The van der Waals surface area contributed by atoms with Gasteiger partial charge in [0.1, 0.15) is 0 Å². The van der Waals surface area contributed by atoms with Crippen molar-refractivity contribution in [3.8, 4) is 11.5 Å². The van der Waals surface area contributed by atoms with E-state index in [0.717, 1.165) is 50.5 Å². The Bertz CT molecular complexity index is 705.